The number of fused-ring (bicyclic) bond motifs is 1. The molecule has 1 N–H and O–H groups in total. The van der Waals surface area contributed by atoms with Crippen molar-refractivity contribution in [3.05, 3.63) is 53.5 Å². The van der Waals surface area contributed by atoms with Gasteiger partial charge in [-0.3, -0.25) is 4.79 Å². The second kappa shape index (κ2) is 8.56. The van der Waals surface area contributed by atoms with Crippen LogP contribution in [0.1, 0.15) is 9.67 Å². The fourth-order valence-corrected chi connectivity index (χ4v) is 4.60. The molecule has 1 amide bonds. The molecule has 1 saturated heterocycles. The quantitative estimate of drug-likeness (QED) is 0.674. The van der Waals surface area contributed by atoms with Gasteiger partial charge in [-0.15, -0.1) is 11.3 Å². The van der Waals surface area contributed by atoms with Crippen LogP contribution in [-0.4, -0.2) is 62.2 Å². The molecule has 7 nitrogen and oxygen atoms in total. The Morgan fingerprint density at radius 2 is 1.81 bits per heavy atom. The van der Waals surface area contributed by atoms with Gasteiger partial charge in [0.2, 0.25) is 0 Å². The Kier molecular flexibility index (Phi) is 5.48. The summed E-state index contributed by atoms with van der Waals surface area (Å²) in [6, 6.07) is 13.5. The van der Waals surface area contributed by atoms with Gasteiger partial charge < -0.3 is 24.6 Å². The Morgan fingerprint density at radius 1 is 1.00 bits per heavy atom. The van der Waals surface area contributed by atoms with Gasteiger partial charge in [-0.05, 0) is 55.1 Å². The number of carbonyl (C=O) groups excluding carboxylic acids is 1. The minimum Gasteiger partial charge on any atom is -0.486 e. The number of anilines is 2. The predicted molar refractivity (Wildman–Crippen MR) is 123 cm³/mol. The van der Waals surface area contributed by atoms with Crippen molar-refractivity contribution in [2.45, 2.75) is 0 Å². The third-order valence-corrected chi connectivity index (χ3v) is 6.65. The first kappa shape index (κ1) is 19.8. The number of nitrogens with zero attached hydrogens (tertiary/aromatic N) is 3. The van der Waals surface area contributed by atoms with Crippen LogP contribution in [-0.2, 0) is 0 Å². The molecule has 4 heterocycles. The largest absolute Gasteiger partial charge is 0.486 e. The molecule has 160 valence electrons. The third kappa shape index (κ3) is 4.35. The van der Waals surface area contributed by atoms with Crippen LogP contribution in [0.3, 0.4) is 0 Å². The van der Waals surface area contributed by atoms with Crippen molar-refractivity contribution < 1.29 is 14.3 Å². The standard InChI is InChI=1S/C23H24N4O3S/c1-26-8-10-27(11-9-26)17-3-7-22(24-15-17)25-23(28)21-6-5-20(31-21)16-2-4-18-19(14-16)30-13-12-29-18/h2-7,14-15H,8-13H2,1H3,(H,24,25,28). The number of ether oxygens (including phenoxy) is 2. The summed E-state index contributed by atoms with van der Waals surface area (Å²) in [6.45, 7) is 5.18. The summed E-state index contributed by atoms with van der Waals surface area (Å²) in [5, 5.41) is 2.90. The second-order valence-corrected chi connectivity index (χ2v) is 8.75. The lowest BCUT2D eigenvalue weighted by atomic mass is 10.1. The molecule has 8 heteroatoms. The minimum absolute atomic E-state index is 0.159. The highest BCUT2D eigenvalue weighted by Gasteiger charge is 2.17. The zero-order valence-corrected chi connectivity index (χ0v) is 18.2. The summed E-state index contributed by atoms with van der Waals surface area (Å²) in [7, 11) is 2.14. The van der Waals surface area contributed by atoms with E-state index in [4.69, 9.17) is 9.47 Å². The van der Waals surface area contributed by atoms with Crippen molar-refractivity contribution >= 4 is 28.7 Å². The lowest BCUT2D eigenvalue weighted by Gasteiger charge is -2.33. The molecule has 1 aromatic carbocycles. The molecule has 0 spiro atoms. The van der Waals surface area contributed by atoms with E-state index in [9.17, 15) is 4.79 Å². The van der Waals surface area contributed by atoms with Crippen LogP contribution in [0, 0.1) is 0 Å². The van der Waals surface area contributed by atoms with Gasteiger partial charge >= 0.3 is 0 Å². The smallest absolute Gasteiger partial charge is 0.266 e. The molecule has 1 fully saturated rings. The van der Waals surface area contributed by atoms with Crippen LogP contribution in [0.25, 0.3) is 10.4 Å². The highest BCUT2D eigenvalue weighted by atomic mass is 32.1. The van der Waals surface area contributed by atoms with Crippen molar-refractivity contribution in [2.75, 3.05) is 56.7 Å². The van der Waals surface area contributed by atoms with Crippen LogP contribution >= 0.6 is 11.3 Å². The van der Waals surface area contributed by atoms with Crippen LogP contribution in [0.4, 0.5) is 11.5 Å². The zero-order chi connectivity index (χ0) is 21.2. The predicted octanol–water partition coefficient (Wildman–Crippen LogP) is 3.59. The summed E-state index contributed by atoms with van der Waals surface area (Å²) in [6.07, 6.45) is 1.83. The zero-order valence-electron chi connectivity index (χ0n) is 17.3. The Hall–Kier alpha value is -3.10. The molecule has 2 aliphatic rings. The number of nitrogens with one attached hydrogen (secondary N) is 1. The van der Waals surface area contributed by atoms with Gasteiger partial charge in [-0.1, -0.05) is 0 Å². The molecule has 0 unspecified atom stereocenters. The first-order chi connectivity index (χ1) is 15.2. The van der Waals surface area contributed by atoms with Crippen molar-refractivity contribution in [3.8, 4) is 21.9 Å². The Balaban J connectivity index is 1.25. The normalized spacial score (nSPS) is 16.2. The summed E-state index contributed by atoms with van der Waals surface area (Å²) in [4.78, 5) is 23.4. The van der Waals surface area contributed by atoms with E-state index in [1.807, 2.05) is 48.7 Å². The summed E-state index contributed by atoms with van der Waals surface area (Å²) in [5.41, 5.74) is 2.09. The molecule has 0 aliphatic carbocycles. The Labute approximate surface area is 185 Å². The number of amides is 1. The number of aromatic nitrogens is 1. The average Bonchev–Trinajstić information content (AvgIpc) is 3.30. The molecule has 2 aliphatic heterocycles. The SMILES string of the molecule is CN1CCN(c2ccc(NC(=O)c3ccc(-c4ccc5c(c4)OCCO5)s3)nc2)CC1. The number of carbonyl (C=O) groups is 1. The van der Waals surface area contributed by atoms with Crippen molar-refractivity contribution in [3.63, 3.8) is 0 Å². The molecule has 0 saturated carbocycles. The maximum atomic E-state index is 12.7. The number of rotatable bonds is 4. The first-order valence-corrected chi connectivity index (χ1v) is 11.2. The monoisotopic (exact) mass is 436 g/mol. The average molecular weight is 437 g/mol. The van der Waals surface area contributed by atoms with E-state index in [2.05, 4.69) is 27.1 Å². The maximum absolute atomic E-state index is 12.7. The molecule has 0 bridgehead atoms. The van der Waals surface area contributed by atoms with Crippen molar-refractivity contribution in [1.29, 1.82) is 0 Å². The van der Waals surface area contributed by atoms with Crippen LogP contribution in [0.15, 0.2) is 48.7 Å². The van der Waals surface area contributed by atoms with Gasteiger partial charge in [0, 0.05) is 31.1 Å². The van der Waals surface area contributed by atoms with E-state index in [0.717, 1.165) is 53.8 Å². The number of pyridine rings is 1. The fraction of sp³-hybridized carbons (Fsp3) is 0.304. The third-order valence-electron chi connectivity index (χ3n) is 5.51. The molecule has 2 aromatic heterocycles. The van der Waals surface area contributed by atoms with Gasteiger partial charge in [0.15, 0.2) is 11.5 Å². The second-order valence-electron chi connectivity index (χ2n) is 7.67. The van der Waals surface area contributed by atoms with E-state index in [1.54, 1.807) is 0 Å². The molecule has 31 heavy (non-hydrogen) atoms. The van der Waals surface area contributed by atoms with Gasteiger partial charge in [0.1, 0.15) is 19.0 Å². The van der Waals surface area contributed by atoms with E-state index in [1.165, 1.54) is 11.3 Å². The van der Waals surface area contributed by atoms with E-state index >= 15 is 0 Å². The maximum Gasteiger partial charge on any atom is 0.266 e. The molecular weight excluding hydrogens is 412 g/mol. The highest BCUT2D eigenvalue weighted by Crippen LogP contribution is 2.37. The summed E-state index contributed by atoms with van der Waals surface area (Å²) >= 11 is 1.44. The van der Waals surface area contributed by atoms with Gasteiger partial charge in [0.25, 0.3) is 5.91 Å². The number of likely N-dealkylation sites (N-methyl/N-ethyl adjacent to an activating group) is 1. The highest BCUT2D eigenvalue weighted by molar-refractivity contribution is 7.17. The van der Waals surface area contributed by atoms with Gasteiger partial charge in [0.05, 0.1) is 16.8 Å². The Morgan fingerprint density at radius 3 is 2.58 bits per heavy atom. The molecule has 5 rings (SSSR count). The van der Waals surface area contributed by atoms with E-state index in [0.29, 0.717) is 23.9 Å². The first-order valence-electron chi connectivity index (χ1n) is 10.4. The Bertz CT molecular complexity index is 1070. The lowest BCUT2D eigenvalue weighted by Crippen LogP contribution is -2.44. The number of hydrogen-bond acceptors (Lipinski definition) is 7. The van der Waals surface area contributed by atoms with E-state index in [-0.39, 0.29) is 5.91 Å². The van der Waals surface area contributed by atoms with Crippen LogP contribution < -0.4 is 19.7 Å². The summed E-state index contributed by atoms with van der Waals surface area (Å²) < 4.78 is 11.2. The van der Waals surface area contributed by atoms with Crippen LogP contribution in [0.5, 0.6) is 11.5 Å². The van der Waals surface area contributed by atoms with Crippen molar-refractivity contribution in [2.24, 2.45) is 0 Å². The number of thiophene rings is 1. The fourth-order valence-electron chi connectivity index (χ4n) is 3.70. The molecule has 3 aromatic rings. The summed E-state index contributed by atoms with van der Waals surface area (Å²) in [5.74, 6) is 1.90. The number of piperazine rings is 1. The van der Waals surface area contributed by atoms with Gasteiger partial charge in [-0.25, -0.2) is 4.98 Å². The number of benzene rings is 1. The molecule has 0 atom stereocenters. The molecular formula is C23H24N4O3S. The van der Waals surface area contributed by atoms with Crippen LogP contribution in [0.2, 0.25) is 0 Å². The minimum atomic E-state index is -0.159. The molecule has 0 radical (unpaired) electrons. The van der Waals surface area contributed by atoms with Crippen molar-refractivity contribution in [1.82, 2.24) is 9.88 Å². The number of hydrogen-bond donors (Lipinski definition) is 1. The van der Waals surface area contributed by atoms with E-state index < -0.39 is 0 Å². The van der Waals surface area contributed by atoms with Gasteiger partial charge in [-0.2, -0.15) is 0 Å². The topological polar surface area (TPSA) is 66.9 Å². The lowest BCUT2D eigenvalue weighted by molar-refractivity contribution is 0.103.